The third-order valence-electron chi connectivity index (χ3n) is 6.64. The minimum absolute atomic E-state index is 0.333. The molecule has 0 rings (SSSR count). The van der Waals surface area contributed by atoms with E-state index < -0.39 is 5.97 Å². The fourth-order valence-corrected chi connectivity index (χ4v) is 4.04. The lowest BCUT2D eigenvalue weighted by Crippen LogP contribution is -1.92. The van der Waals surface area contributed by atoms with Crippen molar-refractivity contribution in [1.82, 2.24) is 0 Å². The summed E-state index contributed by atoms with van der Waals surface area (Å²) in [5.41, 5.74) is 8.97. The van der Waals surface area contributed by atoms with Crippen LogP contribution in [-0.2, 0) is 4.79 Å². The maximum absolute atomic E-state index is 9.96. The topological polar surface area (TPSA) is 37.3 Å². The van der Waals surface area contributed by atoms with Gasteiger partial charge in [0, 0.05) is 6.42 Å². The van der Waals surface area contributed by atoms with Gasteiger partial charge in [0.05, 0.1) is 0 Å². The van der Waals surface area contributed by atoms with Crippen molar-refractivity contribution in [3.8, 4) is 0 Å². The molecule has 0 radical (unpaired) electrons. The molecule has 0 unspecified atom stereocenters. The van der Waals surface area contributed by atoms with Crippen molar-refractivity contribution >= 4 is 5.97 Å². The van der Waals surface area contributed by atoms with Crippen LogP contribution < -0.4 is 0 Å². The third kappa shape index (κ3) is 33.9. The first-order valence-electron chi connectivity index (χ1n) is 15.6. The van der Waals surface area contributed by atoms with Gasteiger partial charge in [-0.2, -0.15) is 0 Å². The molecule has 0 heterocycles. The van der Waals surface area contributed by atoms with E-state index in [9.17, 15) is 4.79 Å². The zero-order chi connectivity index (χ0) is 29.9. The SMILES string of the molecule is CC(C)=CCCC(C)=CCCC(C)=CCCC=C(C)CCC=C(C)CCC=C(C)C.CCCCCCC(=O)O. The number of carbonyl (C=O) groups is 1. The molecule has 0 fully saturated rings. The van der Waals surface area contributed by atoms with Gasteiger partial charge in [0.2, 0.25) is 0 Å². The fourth-order valence-electron chi connectivity index (χ4n) is 4.04. The number of carboxylic acids is 1. The molecule has 2 heteroatoms. The summed E-state index contributed by atoms with van der Waals surface area (Å²) < 4.78 is 0. The zero-order valence-corrected chi connectivity index (χ0v) is 27.4. The number of unbranched alkanes of at least 4 members (excludes halogenated alkanes) is 4. The van der Waals surface area contributed by atoms with E-state index in [4.69, 9.17) is 5.11 Å². The van der Waals surface area contributed by atoms with E-state index in [0.717, 1.165) is 19.3 Å². The van der Waals surface area contributed by atoms with E-state index in [2.05, 4.69) is 98.8 Å². The van der Waals surface area contributed by atoms with Gasteiger partial charge in [0.25, 0.3) is 0 Å². The Balaban J connectivity index is 0. The number of carboxylic acid groups (broad SMARTS) is 1. The number of aliphatic carboxylic acids is 1. The summed E-state index contributed by atoms with van der Waals surface area (Å²) in [6, 6.07) is 0. The van der Waals surface area contributed by atoms with Gasteiger partial charge < -0.3 is 5.11 Å². The molecule has 2 nitrogen and oxygen atoms in total. The first-order chi connectivity index (χ1) is 18.5. The van der Waals surface area contributed by atoms with Crippen molar-refractivity contribution in [3.63, 3.8) is 0 Å². The van der Waals surface area contributed by atoms with Crippen molar-refractivity contribution in [2.75, 3.05) is 0 Å². The average Bonchev–Trinajstić information content (AvgIpc) is 2.84. The smallest absolute Gasteiger partial charge is 0.303 e. The maximum Gasteiger partial charge on any atom is 0.303 e. The molecular formula is C37H64O2. The second-order valence-electron chi connectivity index (χ2n) is 11.7. The number of hydrogen-bond donors (Lipinski definition) is 1. The molecule has 0 aromatic carbocycles. The molecule has 0 amide bonds. The lowest BCUT2D eigenvalue weighted by molar-refractivity contribution is -0.137. The van der Waals surface area contributed by atoms with Crippen molar-refractivity contribution in [3.05, 3.63) is 69.9 Å². The molecule has 0 aliphatic rings. The van der Waals surface area contributed by atoms with Crippen LogP contribution in [0.25, 0.3) is 0 Å². The van der Waals surface area contributed by atoms with Crippen LogP contribution in [0, 0.1) is 0 Å². The molecule has 0 saturated carbocycles. The molecule has 0 saturated heterocycles. The molecule has 0 aromatic rings. The van der Waals surface area contributed by atoms with Crippen LogP contribution in [0.2, 0.25) is 0 Å². The van der Waals surface area contributed by atoms with Crippen molar-refractivity contribution < 1.29 is 9.90 Å². The fraction of sp³-hybridized carbons (Fsp3) is 0.649. The predicted molar refractivity (Wildman–Crippen MR) is 176 cm³/mol. The van der Waals surface area contributed by atoms with Gasteiger partial charge in [-0.25, -0.2) is 0 Å². The summed E-state index contributed by atoms with van der Waals surface area (Å²) in [6.07, 6.45) is 30.8. The lowest BCUT2D eigenvalue weighted by atomic mass is 10.0. The lowest BCUT2D eigenvalue weighted by Gasteiger charge is -2.02. The van der Waals surface area contributed by atoms with E-state index in [1.165, 1.54) is 104 Å². The number of rotatable bonds is 20. The molecule has 224 valence electrons. The second-order valence-corrected chi connectivity index (χ2v) is 11.7. The highest BCUT2D eigenvalue weighted by Gasteiger charge is 1.95. The van der Waals surface area contributed by atoms with Crippen LogP contribution in [0.1, 0.15) is 159 Å². The van der Waals surface area contributed by atoms with Gasteiger partial charge in [-0.3, -0.25) is 4.79 Å². The quantitative estimate of drug-likeness (QED) is 0.123. The summed E-state index contributed by atoms with van der Waals surface area (Å²) >= 11 is 0. The molecule has 0 aliphatic carbocycles. The van der Waals surface area contributed by atoms with Crippen molar-refractivity contribution in [2.24, 2.45) is 0 Å². The summed E-state index contributed by atoms with van der Waals surface area (Å²) in [4.78, 5) is 9.96. The second kappa shape index (κ2) is 27.5. The maximum atomic E-state index is 9.96. The molecule has 0 bridgehead atoms. The summed E-state index contributed by atoms with van der Waals surface area (Å²) in [6.45, 7) is 19.9. The Labute approximate surface area is 244 Å². The van der Waals surface area contributed by atoms with Gasteiger partial charge in [-0.05, 0) is 126 Å². The Morgan fingerprint density at radius 1 is 0.462 bits per heavy atom. The van der Waals surface area contributed by atoms with E-state index >= 15 is 0 Å². The number of allylic oxidation sites excluding steroid dienone is 12. The summed E-state index contributed by atoms with van der Waals surface area (Å²) in [5.74, 6) is -0.675. The van der Waals surface area contributed by atoms with Gasteiger partial charge in [0.15, 0.2) is 0 Å². The van der Waals surface area contributed by atoms with Crippen molar-refractivity contribution in [1.29, 1.82) is 0 Å². The molecule has 39 heavy (non-hydrogen) atoms. The largest absolute Gasteiger partial charge is 0.481 e. The molecule has 0 aliphatic heterocycles. The third-order valence-corrected chi connectivity index (χ3v) is 6.64. The van der Waals surface area contributed by atoms with Crippen molar-refractivity contribution in [2.45, 2.75) is 159 Å². The molecule has 0 atom stereocenters. The standard InChI is InChI=1S/C30H50.C7H14O2/c1-25(2)15-11-19-29(7)23-13-21-27(5)17-9-10-18-28(6)22-14-24-30(8)20-12-16-26(3)4;1-2-3-4-5-6-7(8)9/h15-18,23-24H,9-14,19-22H2,1-8H3;2-6H2,1H3,(H,8,9). The van der Waals surface area contributed by atoms with Crippen LogP contribution in [0.3, 0.4) is 0 Å². The summed E-state index contributed by atoms with van der Waals surface area (Å²) in [7, 11) is 0. The van der Waals surface area contributed by atoms with E-state index in [1.54, 1.807) is 0 Å². The zero-order valence-electron chi connectivity index (χ0n) is 27.4. The Morgan fingerprint density at radius 2 is 0.795 bits per heavy atom. The molecular weight excluding hydrogens is 476 g/mol. The monoisotopic (exact) mass is 540 g/mol. The van der Waals surface area contributed by atoms with E-state index in [1.807, 2.05) is 0 Å². The van der Waals surface area contributed by atoms with E-state index in [-0.39, 0.29) is 0 Å². The highest BCUT2D eigenvalue weighted by Crippen LogP contribution is 2.14. The Bertz CT molecular complexity index is 748. The van der Waals surface area contributed by atoms with Crippen LogP contribution in [0.4, 0.5) is 0 Å². The van der Waals surface area contributed by atoms with Gasteiger partial charge in [0.1, 0.15) is 0 Å². The molecule has 0 spiro atoms. The van der Waals surface area contributed by atoms with Crippen LogP contribution in [-0.4, -0.2) is 11.1 Å². The first-order valence-corrected chi connectivity index (χ1v) is 15.6. The normalized spacial score (nSPS) is 12.5. The highest BCUT2D eigenvalue weighted by molar-refractivity contribution is 5.66. The van der Waals surface area contributed by atoms with Crippen LogP contribution >= 0.6 is 0 Å². The van der Waals surface area contributed by atoms with Gasteiger partial charge in [-0.1, -0.05) is 96.1 Å². The predicted octanol–water partition coefficient (Wildman–Crippen LogP) is 12.6. The Hall–Kier alpha value is -2.09. The van der Waals surface area contributed by atoms with Crippen LogP contribution in [0.15, 0.2) is 69.9 Å². The highest BCUT2D eigenvalue weighted by atomic mass is 16.4. The molecule has 0 aromatic heterocycles. The van der Waals surface area contributed by atoms with Gasteiger partial charge in [-0.15, -0.1) is 0 Å². The minimum Gasteiger partial charge on any atom is -0.481 e. The van der Waals surface area contributed by atoms with Gasteiger partial charge >= 0.3 is 5.97 Å². The average molecular weight is 541 g/mol. The van der Waals surface area contributed by atoms with E-state index in [0.29, 0.717) is 6.42 Å². The minimum atomic E-state index is -0.675. The Kier molecular flexibility index (Phi) is 27.5. The Morgan fingerprint density at radius 3 is 1.10 bits per heavy atom. The number of hydrogen-bond acceptors (Lipinski definition) is 1. The molecule has 1 N–H and O–H groups in total. The summed E-state index contributed by atoms with van der Waals surface area (Å²) in [5, 5.41) is 8.21. The first kappa shape index (κ1) is 39.1. The van der Waals surface area contributed by atoms with Crippen LogP contribution in [0.5, 0.6) is 0 Å².